The number of ether oxygens (including phenoxy) is 2. The number of halogens is 2. The van der Waals surface area contributed by atoms with E-state index in [-0.39, 0.29) is 29.0 Å². The fourth-order valence-corrected chi connectivity index (χ4v) is 5.50. The van der Waals surface area contributed by atoms with Gasteiger partial charge in [0.1, 0.15) is 34.4 Å². The quantitative estimate of drug-likeness (QED) is 0.0515. The van der Waals surface area contributed by atoms with Gasteiger partial charge in [0.2, 0.25) is 0 Å². The van der Waals surface area contributed by atoms with Crippen LogP contribution < -0.4 is 42.2 Å². The Kier molecular flexibility index (Phi) is 17.2. The summed E-state index contributed by atoms with van der Waals surface area (Å²) in [4.78, 5) is 66.5. The lowest BCUT2D eigenvalue weighted by Gasteiger charge is -2.10. The predicted molar refractivity (Wildman–Crippen MR) is 228 cm³/mol. The van der Waals surface area contributed by atoms with E-state index in [9.17, 15) is 24.0 Å². The van der Waals surface area contributed by atoms with Crippen LogP contribution >= 0.6 is 31.9 Å². The van der Waals surface area contributed by atoms with Crippen LogP contribution in [0.3, 0.4) is 0 Å². The molecule has 2 aromatic heterocycles. The third-order valence-electron chi connectivity index (χ3n) is 7.53. The number of nitrogens with two attached hydrogens (primary N) is 1. The van der Waals surface area contributed by atoms with Crippen LogP contribution in [0, 0.1) is 6.92 Å². The van der Waals surface area contributed by atoms with Gasteiger partial charge < -0.3 is 20.1 Å². The van der Waals surface area contributed by atoms with Crippen molar-refractivity contribution < 1.29 is 33.4 Å². The first-order chi connectivity index (χ1) is 28.4. The van der Waals surface area contributed by atoms with E-state index in [1.54, 1.807) is 92.1 Å². The van der Waals surface area contributed by atoms with Gasteiger partial charge in [0.15, 0.2) is 0 Å². The zero-order chi connectivity index (χ0) is 42.7. The molecule has 59 heavy (non-hydrogen) atoms. The summed E-state index contributed by atoms with van der Waals surface area (Å²) in [5.74, 6) is 5.23. The number of pyridine rings is 2. The Morgan fingerprint density at radius 2 is 0.915 bits per heavy atom. The number of nitrogens with zero attached hydrogens (tertiary/aromatic N) is 2. The molecule has 0 fully saturated rings. The minimum Gasteiger partial charge on any atom is -0.457 e. The normalized spacial score (nSPS) is 9.86. The SMILES string of the molecule is CNC(=O)c1cc(Oc2cccc(C(=O)NNC(=O)c3cccc(Br)c3)c2)ccn1.CNC(=O)c1cc(Oc2cccc(C)c2)ccn1.NNC(=O)c1cccc(Br)c1. The number of aromatic nitrogens is 2. The molecular formula is C42H38Br2N8O7. The van der Waals surface area contributed by atoms with Crippen molar-refractivity contribution in [1.29, 1.82) is 0 Å². The first-order valence-electron chi connectivity index (χ1n) is 17.4. The molecule has 0 unspecified atom stereocenters. The number of hydrogen-bond donors (Lipinski definition) is 6. The Morgan fingerprint density at radius 1 is 0.508 bits per heavy atom. The second-order valence-electron chi connectivity index (χ2n) is 11.9. The van der Waals surface area contributed by atoms with Gasteiger partial charge in [0, 0.05) is 64.3 Å². The molecule has 6 aromatic rings. The van der Waals surface area contributed by atoms with E-state index < -0.39 is 11.8 Å². The fourth-order valence-electron chi connectivity index (χ4n) is 4.71. The smallest absolute Gasteiger partial charge is 0.269 e. The average Bonchev–Trinajstić information content (AvgIpc) is 3.25. The maximum Gasteiger partial charge on any atom is 0.269 e. The zero-order valence-corrected chi connectivity index (χ0v) is 35.0. The van der Waals surface area contributed by atoms with E-state index in [0.29, 0.717) is 34.1 Å². The maximum absolute atomic E-state index is 12.4. The molecule has 0 bridgehead atoms. The number of nitrogens with one attached hydrogen (secondary N) is 5. The van der Waals surface area contributed by atoms with Crippen molar-refractivity contribution in [3.63, 3.8) is 0 Å². The second kappa shape index (κ2) is 22.7. The number of hydrazine groups is 2. The monoisotopic (exact) mass is 924 g/mol. The summed E-state index contributed by atoms with van der Waals surface area (Å²) < 4.78 is 13.0. The molecule has 7 N–H and O–H groups in total. The summed E-state index contributed by atoms with van der Waals surface area (Å²) in [6.07, 6.45) is 3.00. The van der Waals surface area contributed by atoms with E-state index >= 15 is 0 Å². The predicted octanol–water partition coefficient (Wildman–Crippen LogP) is 6.67. The molecule has 17 heteroatoms. The highest BCUT2D eigenvalue weighted by atomic mass is 79.9. The molecule has 0 atom stereocenters. The Morgan fingerprint density at radius 3 is 1.36 bits per heavy atom. The van der Waals surface area contributed by atoms with Gasteiger partial charge in [-0.15, -0.1) is 0 Å². The van der Waals surface area contributed by atoms with Gasteiger partial charge in [0.25, 0.3) is 29.5 Å². The highest BCUT2D eigenvalue weighted by molar-refractivity contribution is 9.10. The van der Waals surface area contributed by atoms with E-state index in [1.165, 1.54) is 25.4 Å². The minimum atomic E-state index is -0.510. The lowest BCUT2D eigenvalue weighted by molar-refractivity contribution is 0.0846. The summed E-state index contributed by atoms with van der Waals surface area (Å²) in [5, 5.41) is 5.01. The Labute approximate surface area is 356 Å². The molecule has 0 radical (unpaired) electrons. The number of aryl methyl sites for hydroxylation is 1. The number of rotatable bonds is 9. The summed E-state index contributed by atoms with van der Waals surface area (Å²) in [5.41, 5.74) is 9.66. The van der Waals surface area contributed by atoms with Crippen LogP contribution in [0.4, 0.5) is 0 Å². The largest absolute Gasteiger partial charge is 0.457 e. The van der Waals surface area contributed by atoms with Crippen LogP contribution in [-0.4, -0.2) is 53.6 Å². The Hall–Kier alpha value is -6.95. The van der Waals surface area contributed by atoms with Crippen LogP contribution in [0.25, 0.3) is 0 Å². The van der Waals surface area contributed by atoms with E-state index in [4.69, 9.17) is 15.3 Å². The molecule has 4 aromatic carbocycles. The van der Waals surface area contributed by atoms with Crippen molar-refractivity contribution in [2.45, 2.75) is 6.92 Å². The number of nitrogen functional groups attached to an aromatic ring is 1. The van der Waals surface area contributed by atoms with Gasteiger partial charge in [-0.05, 0) is 91.3 Å². The fraction of sp³-hybridized carbons (Fsp3) is 0.0714. The molecule has 6 rings (SSSR count). The third kappa shape index (κ3) is 14.5. The van der Waals surface area contributed by atoms with Gasteiger partial charge in [0.05, 0.1) is 0 Å². The summed E-state index contributed by atoms with van der Waals surface area (Å²) >= 11 is 6.53. The standard InChI is InChI=1S/C21H17BrN4O4.C14H14N2O2.C7H7BrN2O/c1-23-21(29)18-12-17(8-9-24-18)30-16-7-3-5-14(11-16)20(28)26-25-19(27)13-4-2-6-15(22)10-13;1-10-4-3-5-11(8-10)18-12-6-7-16-13(9-12)14(17)15-2;8-6-3-1-2-5(4-6)7(11)10-9/h2-12H,1H3,(H,23,29)(H,25,27)(H,26,28);3-9H,1-2H3,(H,15,17);1-4H,9H2,(H,10,11). The second-order valence-corrected chi connectivity index (χ2v) is 13.7. The Balaban J connectivity index is 0.000000223. The van der Waals surface area contributed by atoms with Gasteiger partial charge in [-0.2, -0.15) is 0 Å². The summed E-state index contributed by atoms with van der Waals surface area (Å²) in [6, 6.07) is 34.3. The molecule has 0 aliphatic carbocycles. The summed E-state index contributed by atoms with van der Waals surface area (Å²) in [6.45, 7) is 2.00. The number of amides is 5. The number of carbonyl (C=O) groups is 5. The van der Waals surface area contributed by atoms with Gasteiger partial charge in [-0.1, -0.05) is 62.2 Å². The zero-order valence-electron chi connectivity index (χ0n) is 31.8. The molecule has 0 saturated heterocycles. The van der Waals surface area contributed by atoms with Crippen LogP contribution in [0.15, 0.2) is 143 Å². The number of benzene rings is 4. The maximum atomic E-state index is 12.4. The molecule has 0 spiro atoms. The van der Waals surface area contributed by atoms with Crippen molar-refractivity contribution in [1.82, 2.24) is 36.9 Å². The van der Waals surface area contributed by atoms with E-state index in [1.807, 2.05) is 42.7 Å². The van der Waals surface area contributed by atoms with Crippen LogP contribution in [0.1, 0.15) is 57.6 Å². The van der Waals surface area contributed by atoms with Gasteiger partial charge in [-0.3, -0.25) is 50.2 Å². The number of carbonyl (C=O) groups excluding carboxylic acids is 5. The lowest BCUT2D eigenvalue weighted by atomic mass is 10.2. The first kappa shape index (κ1) is 44.8. The lowest BCUT2D eigenvalue weighted by Crippen LogP contribution is -2.41. The van der Waals surface area contributed by atoms with Crippen LogP contribution in [0.5, 0.6) is 23.0 Å². The van der Waals surface area contributed by atoms with Crippen molar-refractivity contribution in [2.24, 2.45) is 5.84 Å². The topological polar surface area (TPSA) is 216 Å². The molecule has 0 saturated carbocycles. The highest BCUT2D eigenvalue weighted by Crippen LogP contribution is 2.24. The van der Waals surface area contributed by atoms with Gasteiger partial charge in [-0.25, -0.2) is 5.84 Å². The molecular weight excluding hydrogens is 888 g/mol. The van der Waals surface area contributed by atoms with Crippen molar-refractivity contribution >= 4 is 61.4 Å². The van der Waals surface area contributed by atoms with Gasteiger partial charge >= 0.3 is 0 Å². The van der Waals surface area contributed by atoms with E-state index in [2.05, 4.69) is 63.3 Å². The van der Waals surface area contributed by atoms with Crippen molar-refractivity contribution in [3.8, 4) is 23.0 Å². The molecule has 15 nitrogen and oxygen atoms in total. The molecule has 0 aliphatic heterocycles. The average molecular weight is 927 g/mol. The van der Waals surface area contributed by atoms with Crippen molar-refractivity contribution in [2.75, 3.05) is 14.1 Å². The highest BCUT2D eigenvalue weighted by Gasteiger charge is 2.12. The molecule has 2 heterocycles. The van der Waals surface area contributed by atoms with Crippen molar-refractivity contribution in [3.05, 3.63) is 176 Å². The third-order valence-corrected chi connectivity index (χ3v) is 8.52. The molecule has 5 amide bonds. The minimum absolute atomic E-state index is 0.208. The van der Waals surface area contributed by atoms with Crippen LogP contribution in [-0.2, 0) is 0 Å². The van der Waals surface area contributed by atoms with Crippen LogP contribution in [0.2, 0.25) is 0 Å². The summed E-state index contributed by atoms with van der Waals surface area (Å²) in [7, 11) is 3.08. The molecule has 0 aliphatic rings. The van der Waals surface area contributed by atoms with E-state index in [0.717, 1.165) is 20.3 Å². The Bertz CT molecular complexity index is 2430. The molecule has 302 valence electrons. The first-order valence-corrected chi connectivity index (χ1v) is 19.0. The number of hydrogen-bond acceptors (Lipinski definition) is 10.